The molecule has 1 aromatic heterocycles. The average molecular weight is 418 g/mol. The molecule has 1 aliphatic rings. The van der Waals surface area contributed by atoms with Crippen molar-refractivity contribution in [2.75, 3.05) is 19.6 Å². The fraction of sp³-hybridized carbons (Fsp3) is 0.304. The summed E-state index contributed by atoms with van der Waals surface area (Å²) in [4.78, 5) is 23.7. The van der Waals surface area contributed by atoms with E-state index in [2.05, 4.69) is 9.97 Å². The van der Waals surface area contributed by atoms with Gasteiger partial charge in [0.1, 0.15) is 12.2 Å². The van der Waals surface area contributed by atoms with Gasteiger partial charge in [-0.1, -0.05) is 24.3 Å². The zero-order valence-corrected chi connectivity index (χ0v) is 17.3. The number of likely N-dealkylation sites (tertiary alicyclic amines) is 1. The van der Waals surface area contributed by atoms with Crippen LogP contribution < -0.4 is 17.2 Å². The molecule has 1 saturated heterocycles. The summed E-state index contributed by atoms with van der Waals surface area (Å²) in [5, 5.41) is 8.44. The van der Waals surface area contributed by atoms with Gasteiger partial charge in [-0.25, -0.2) is 9.97 Å². The van der Waals surface area contributed by atoms with E-state index < -0.39 is 6.04 Å². The van der Waals surface area contributed by atoms with Crippen LogP contribution in [0.1, 0.15) is 46.1 Å². The van der Waals surface area contributed by atoms with Gasteiger partial charge in [0.2, 0.25) is 0 Å². The number of benzene rings is 2. The second-order valence-electron chi connectivity index (χ2n) is 8.00. The maximum Gasteiger partial charge on any atom is 0.253 e. The Hall–Kier alpha value is -3.36. The van der Waals surface area contributed by atoms with E-state index in [0.29, 0.717) is 41.3 Å². The second kappa shape index (κ2) is 8.79. The van der Waals surface area contributed by atoms with Gasteiger partial charge in [0.25, 0.3) is 5.91 Å². The predicted molar refractivity (Wildman–Crippen MR) is 121 cm³/mol. The Morgan fingerprint density at radius 1 is 1.19 bits per heavy atom. The molecule has 0 radical (unpaired) electrons. The van der Waals surface area contributed by atoms with Gasteiger partial charge in [-0.15, -0.1) is 0 Å². The highest BCUT2D eigenvalue weighted by atomic mass is 16.2. The minimum Gasteiger partial charge on any atom is -0.384 e. The van der Waals surface area contributed by atoms with E-state index in [-0.39, 0.29) is 11.7 Å². The summed E-state index contributed by atoms with van der Waals surface area (Å²) >= 11 is 0. The van der Waals surface area contributed by atoms with Crippen LogP contribution in [0, 0.1) is 11.3 Å². The Labute approximate surface area is 181 Å². The predicted octanol–water partition coefficient (Wildman–Crippen LogP) is 1.77. The largest absolute Gasteiger partial charge is 0.384 e. The van der Waals surface area contributed by atoms with E-state index in [1.165, 1.54) is 6.33 Å². The lowest BCUT2D eigenvalue weighted by atomic mass is 9.96. The van der Waals surface area contributed by atoms with Crippen LogP contribution in [-0.2, 0) is 0 Å². The zero-order chi connectivity index (χ0) is 22.0. The number of nitrogens with two attached hydrogens (primary N) is 3. The van der Waals surface area contributed by atoms with Gasteiger partial charge in [-0.2, -0.15) is 0 Å². The first kappa shape index (κ1) is 20.9. The molecule has 1 aliphatic heterocycles. The van der Waals surface area contributed by atoms with Crippen LogP contribution in [0.2, 0.25) is 0 Å². The minimum absolute atomic E-state index is 0.00123. The maximum absolute atomic E-state index is 13.0. The molecule has 8 nitrogen and oxygen atoms in total. The van der Waals surface area contributed by atoms with Crippen molar-refractivity contribution < 1.29 is 4.79 Å². The molecule has 0 spiro atoms. The van der Waals surface area contributed by atoms with E-state index in [1.807, 2.05) is 29.2 Å². The van der Waals surface area contributed by atoms with Gasteiger partial charge in [-0.05, 0) is 49.1 Å². The van der Waals surface area contributed by atoms with Crippen molar-refractivity contribution in [2.45, 2.75) is 18.9 Å². The molecular weight excluding hydrogens is 390 g/mol. The number of aromatic nitrogens is 2. The Kier molecular flexibility index (Phi) is 5.92. The summed E-state index contributed by atoms with van der Waals surface area (Å²) in [5.41, 5.74) is 21.3. The molecule has 1 fully saturated rings. The topological polar surface area (TPSA) is 148 Å². The molecule has 0 aliphatic carbocycles. The highest BCUT2D eigenvalue weighted by Crippen LogP contribution is 2.26. The number of nitrogen functional groups attached to an aromatic ring is 1. The summed E-state index contributed by atoms with van der Waals surface area (Å²) in [6.45, 7) is 2.04. The number of fused-ring (bicyclic) bond motifs is 1. The van der Waals surface area contributed by atoms with Crippen molar-refractivity contribution in [3.05, 3.63) is 71.2 Å². The first-order chi connectivity index (χ1) is 15.0. The van der Waals surface area contributed by atoms with Crippen LogP contribution in [0.15, 0.2) is 48.8 Å². The van der Waals surface area contributed by atoms with Crippen LogP contribution in [0.5, 0.6) is 0 Å². The molecule has 1 amide bonds. The highest BCUT2D eigenvalue weighted by molar-refractivity contribution is 5.98. The first-order valence-electron chi connectivity index (χ1n) is 10.4. The molecule has 4 rings (SSSR count). The fourth-order valence-corrected chi connectivity index (χ4v) is 4.14. The van der Waals surface area contributed by atoms with E-state index in [9.17, 15) is 4.79 Å². The molecule has 31 heavy (non-hydrogen) atoms. The Morgan fingerprint density at radius 3 is 2.81 bits per heavy atom. The summed E-state index contributed by atoms with van der Waals surface area (Å²) in [5.74, 6) is 0.342. The van der Waals surface area contributed by atoms with Crippen molar-refractivity contribution in [1.82, 2.24) is 14.9 Å². The van der Waals surface area contributed by atoms with Crippen molar-refractivity contribution in [2.24, 2.45) is 23.1 Å². The molecule has 2 atom stereocenters. The molecule has 0 saturated carbocycles. The summed E-state index contributed by atoms with van der Waals surface area (Å²) < 4.78 is 0. The number of nitrogens with zero attached hydrogens (tertiary/aromatic N) is 3. The SMILES string of the molecule is N=C(N)c1cccc(C(N)c2ncnc3cc(C(=O)N4CCCC(CN)C4)ccc23)c1. The van der Waals surface area contributed by atoms with Gasteiger partial charge in [-0.3, -0.25) is 10.2 Å². The monoisotopic (exact) mass is 417 g/mol. The normalized spacial score (nSPS) is 17.5. The number of carbonyl (C=O) groups is 1. The van der Waals surface area contributed by atoms with Gasteiger partial charge < -0.3 is 22.1 Å². The summed E-state index contributed by atoms with van der Waals surface area (Å²) in [7, 11) is 0. The quantitative estimate of drug-likeness (QED) is 0.367. The minimum atomic E-state index is -0.515. The standard InChI is InChI=1S/C23H27N7O/c24-11-14-3-2-8-30(12-14)23(31)17-6-7-18-19(10-17)28-13-29-21(18)20(25)15-4-1-5-16(9-15)22(26)27/h1,4-7,9-10,13-14,20H,2-3,8,11-12,24-25H2,(H3,26,27). The van der Waals surface area contributed by atoms with E-state index in [0.717, 1.165) is 30.3 Å². The number of carbonyl (C=O) groups excluding carboxylic acids is 1. The van der Waals surface area contributed by atoms with Crippen LogP contribution >= 0.6 is 0 Å². The van der Waals surface area contributed by atoms with E-state index in [4.69, 9.17) is 22.6 Å². The highest BCUT2D eigenvalue weighted by Gasteiger charge is 2.24. The third kappa shape index (κ3) is 4.26. The Morgan fingerprint density at radius 2 is 2.03 bits per heavy atom. The molecule has 2 unspecified atom stereocenters. The van der Waals surface area contributed by atoms with E-state index >= 15 is 0 Å². The average Bonchev–Trinajstić information content (AvgIpc) is 2.82. The molecule has 2 heterocycles. The molecule has 7 N–H and O–H groups in total. The third-order valence-corrected chi connectivity index (χ3v) is 5.91. The molecule has 3 aromatic rings. The van der Waals surface area contributed by atoms with Crippen molar-refractivity contribution in [3.63, 3.8) is 0 Å². The lowest BCUT2D eigenvalue weighted by Crippen LogP contribution is -2.42. The number of rotatable bonds is 5. The maximum atomic E-state index is 13.0. The zero-order valence-electron chi connectivity index (χ0n) is 17.3. The van der Waals surface area contributed by atoms with Gasteiger partial charge >= 0.3 is 0 Å². The summed E-state index contributed by atoms with van der Waals surface area (Å²) in [6.07, 6.45) is 3.50. The molecule has 8 heteroatoms. The lowest BCUT2D eigenvalue weighted by molar-refractivity contribution is 0.0678. The smallest absolute Gasteiger partial charge is 0.253 e. The van der Waals surface area contributed by atoms with Crippen LogP contribution in [0.4, 0.5) is 0 Å². The molecular formula is C23H27N7O. The van der Waals surface area contributed by atoms with Crippen LogP contribution in [0.25, 0.3) is 10.9 Å². The van der Waals surface area contributed by atoms with E-state index in [1.54, 1.807) is 18.2 Å². The second-order valence-corrected chi connectivity index (χ2v) is 8.00. The number of amides is 1. The van der Waals surface area contributed by atoms with Crippen LogP contribution in [-0.4, -0.2) is 46.2 Å². The van der Waals surface area contributed by atoms with Crippen molar-refractivity contribution >= 4 is 22.6 Å². The third-order valence-electron chi connectivity index (χ3n) is 5.91. The van der Waals surface area contributed by atoms with Gasteiger partial charge in [0.15, 0.2) is 0 Å². The number of hydrogen-bond donors (Lipinski definition) is 4. The number of hydrogen-bond acceptors (Lipinski definition) is 6. The Balaban J connectivity index is 1.65. The van der Waals surface area contributed by atoms with Crippen LogP contribution in [0.3, 0.4) is 0 Å². The molecule has 160 valence electrons. The first-order valence-corrected chi connectivity index (χ1v) is 10.4. The molecule has 2 aromatic carbocycles. The number of nitrogens with one attached hydrogen (secondary N) is 1. The van der Waals surface area contributed by atoms with Gasteiger partial charge in [0, 0.05) is 29.6 Å². The number of piperidine rings is 1. The number of amidine groups is 1. The van der Waals surface area contributed by atoms with Gasteiger partial charge in [0.05, 0.1) is 17.3 Å². The fourth-order valence-electron chi connectivity index (χ4n) is 4.14. The van der Waals surface area contributed by atoms with Crippen molar-refractivity contribution in [3.8, 4) is 0 Å². The Bertz CT molecular complexity index is 1130. The van der Waals surface area contributed by atoms with Crippen molar-refractivity contribution in [1.29, 1.82) is 5.41 Å². The molecule has 0 bridgehead atoms. The summed E-state index contributed by atoms with van der Waals surface area (Å²) in [6, 6.07) is 12.2. The lowest BCUT2D eigenvalue weighted by Gasteiger charge is -2.32.